The predicted molar refractivity (Wildman–Crippen MR) is 107 cm³/mol. The quantitative estimate of drug-likeness (QED) is 0.622. The Balaban J connectivity index is 1.70. The van der Waals surface area contributed by atoms with Crippen LogP contribution in [0.5, 0.6) is 0 Å². The van der Waals surface area contributed by atoms with Gasteiger partial charge in [0.05, 0.1) is 30.8 Å². The first-order valence-electron chi connectivity index (χ1n) is 11.4. The molecule has 3 saturated heterocycles. The smallest absolute Gasteiger partial charge is 0.312 e. The lowest BCUT2D eigenvalue weighted by Crippen LogP contribution is -2.59. The summed E-state index contributed by atoms with van der Waals surface area (Å²) in [5, 5.41) is 13.0. The van der Waals surface area contributed by atoms with Crippen LogP contribution in [0.1, 0.15) is 65.7 Å². The van der Waals surface area contributed by atoms with Crippen molar-refractivity contribution in [1.82, 2.24) is 10.2 Å². The summed E-state index contributed by atoms with van der Waals surface area (Å²) in [6.07, 6.45) is 6.33. The van der Waals surface area contributed by atoms with Crippen LogP contribution in [0.4, 0.5) is 0 Å². The molecule has 3 heterocycles. The van der Waals surface area contributed by atoms with E-state index in [1.165, 1.54) is 11.3 Å². The van der Waals surface area contributed by atoms with Gasteiger partial charge in [-0.1, -0.05) is 19.3 Å². The molecule has 0 aromatic carbocycles. The summed E-state index contributed by atoms with van der Waals surface area (Å²) in [7, 11) is 0. The first-order valence-corrected chi connectivity index (χ1v) is 11.4. The molecule has 6 atom stereocenters. The van der Waals surface area contributed by atoms with Crippen molar-refractivity contribution in [2.75, 3.05) is 13.2 Å². The highest BCUT2D eigenvalue weighted by Gasteiger charge is 2.78. The fraction of sp³-hybridized carbons (Fsp3) is 0.864. The molecule has 1 spiro atoms. The van der Waals surface area contributed by atoms with Crippen LogP contribution in [-0.4, -0.2) is 70.3 Å². The zero-order chi connectivity index (χ0) is 21.7. The van der Waals surface area contributed by atoms with Crippen molar-refractivity contribution in [1.29, 1.82) is 0 Å². The molecule has 4 fully saturated rings. The molecule has 3 aliphatic heterocycles. The molecule has 8 nitrogen and oxygen atoms in total. The second kappa shape index (κ2) is 7.79. The molecule has 4 aliphatic rings. The largest absolute Gasteiger partial charge is 0.466 e. The first kappa shape index (κ1) is 21.6. The van der Waals surface area contributed by atoms with Crippen molar-refractivity contribution in [3.63, 3.8) is 0 Å². The van der Waals surface area contributed by atoms with E-state index >= 15 is 0 Å². The molecular weight excluding hydrogens is 388 g/mol. The number of hydrogen-bond donors (Lipinski definition) is 2. The third kappa shape index (κ3) is 3.06. The standard InChI is InChI=1S/C22H34N2O6/c1-4-29-20(28)16-15-19(27)24(13(2)12-25)17(22(15)11-10-21(16,3)30-22)18(26)23-14-8-6-5-7-9-14/h13-17,25H,4-12H2,1-3H3,(H,23,26)/t13-,15+,16+,17?,21-,22?/m1/s1. The number of carbonyl (C=O) groups excluding carboxylic acids is 3. The Morgan fingerprint density at radius 2 is 2.00 bits per heavy atom. The molecule has 0 aromatic rings. The van der Waals surface area contributed by atoms with Crippen molar-refractivity contribution in [3.8, 4) is 0 Å². The number of likely N-dealkylation sites (tertiary alicyclic amines) is 1. The van der Waals surface area contributed by atoms with Gasteiger partial charge in [0.25, 0.3) is 0 Å². The summed E-state index contributed by atoms with van der Waals surface area (Å²) in [6.45, 7) is 5.28. The molecule has 2 amide bonds. The van der Waals surface area contributed by atoms with E-state index in [4.69, 9.17) is 9.47 Å². The van der Waals surface area contributed by atoms with Crippen molar-refractivity contribution in [2.24, 2.45) is 11.8 Å². The zero-order valence-electron chi connectivity index (χ0n) is 18.2. The molecule has 2 bridgehead atoms. The number of esters is 1. The van der Waals surface area contributed by atoms with Gasteiger partial charge in [-0.3, -0.25) is 14.4 Å². The Morgan fingerprint density at radius 3 is 2.63 bits per heavy atom. The number of amides is 2. The second-order valence-electron chi connectivity index (χ2n) is 9.60. The molecule has 1 saturated carbocycles. The highest BCUT2D eigenvalue weighted by molar-refractivity contribution is 5.98. The summed E-state index contributed by atoms with van der Waals surface area (Å²) in [5.41, 5.74) is -1.87. The van der Waals surface area contributed by atoms with Crippen LogP contribution < -0.4 is 5.32 Å². The van der Waals surface area contributed by atoms with Gasteiger partial charge in [0, 0.05) is 6.04 Å². The minimum absolute atomic E-state index is 0.0955. The number of aliphatic hydroxyl groups is 1. The van der Waals surface area contributed by atoms with Gasteiger partial charge in [0.1, 0.15) is 17.6 Å². The monoisotopic (exact) mass is 422 g/mol. The number of carbonyl (C=O) groups is 3. The van der Waals surface area contributed by atoms with Crippen LogP contribution in [-0.2, 0) is 23.9 Å². The third-order valence-electron chi connectivity index (χ3n) is 7.69. The number of rotatable bonds is 6. The van der Waals surface area contributed by atoms with Crippen molar-refractivity contribution < 1.29 is 29.0 Å². The van der Waals surface area contributed by atoms with Gasteiger partial charge in [-0.2, -0.15) is 0 Å². The SMILES string of the molecule is CCOC(=O)[C@@H]1[C@H]2C(=O)N([C@H](C)CO)C(C(=O)NC3CCCCC3)C23CC[C@@]1(C)O3. The summed E-state index contributed by atoms with van der Waals surface area (Å²) < 4.78 is 11.8. The van der Waals surface area contributed by atoms with Crippen LogP contribution in [0.2, 0.25) is 0 Å². The Kier molecular flexibility index (Phi) is 5.60. The fourth-order valence-electron chi connectivity index (χ4n) is 6.34. The molecular formula is C22H34N2O6. The van der Waals surface area contributed by atoms with E-state index in [0.717, 1.165) is 25.7 Å². The van der Waals surface area contributed by atoms with Crippen LogP contribution >= 0.6 is 0 Å². The predicted octanol–water partition coefficient (Wildman–Crippen LogP) is 1.14. The zero-order valence-corrected chi connectivity index (χ0v) is 18.2. The minimum atomic E-state index is -1.05. The maximum absolute atomic E-state index is 13.6. The van der Waals surface area contributed by atoms with Gasteiger partial charge in [-0.25, -0.2) is 0 Å². The van der Waals surface area contributed by atoms with Gasteiger partial charge >= 0.3 is 5.97 Å². The van der Waals surface area contributed by atoms with Crippen LogP contribution in [0.15, 0.2) is 0 Å². The van der Waals surface area contributed by atoms with Gasteiger partial charge in [-0.15, -0.1) is 0 Å². The lowest BCUT2D eigenvalue weighted by molar-refractivity contribution is -0.160. The average molecular weight is 423 g/mol. The first-order chi connectivity index (χ1) is 14.3. The second-order valence-corrected chi connectivity index (χ2v) is 9.60. The van der Waals surface area contributed by atoms with Crippen molar-refractivity contribution in [3.05, 3.63) is 0 Å². The number of ether oxygens (including phenoxy) is 2. The molecule has 2 unspecified atom stereocenters. The summed E-state index contributed by atoms with van der Waals surface area (Å²) in [5.74, 6) is -2.45. The molecule has 30 heavy (non-hydrogen) atoms. The number of nitrogens with zero attached hydrogens (tertiary/aromatic N) is 1. The van der Waals surface area contributed by atoms with E-state index in [9.17, 15) is 19.5 Å². The Morgan fingerprint density at radius 1 is 1.30 bits per heavy atom. The van der Waals surface area contributed by atoms with Gasteiger partial charge in [0.2, 0.25) is 11.8 Å². The number of nitrogens with one attached hydrogen (secondary N) is 1. The molecule has 0 aromatic heterocycles. The third-order valence-corrected chi connectivity index (χ3v) is 7.69. The summed E-state index contributed by atoms with van der Waals surface area (Å²) >= 11 is 0. The molecule has 1 aliphatic carbocycles. The normalized spacial score (nSPS) is 39.1. The summed E-state index contributed by atoms with van der Waals surface area (Å²) in [6, 6.07) is -1.30. The lowest BCUT2D eigenvalue weighted by Gasteiger charge is -2.37. The molecule has 168 valence electrons. The van der Waals surface area contributed by atoms with E-state index in [-0.39, 0.29) is 31.1 Å². The van der Waals surface area contributed by atoms with E-state index < -0.39 is 41.1 Å². The Hall–Kier alpha value is -1.67. The maximum Gasteiger partial charge on any atom is 0.312 e. The van der Waals surface area contributed by atoms with Gasteiger partial charge in [-0.05, 0) is 46.5 Å². The van der Waals surface area contributed by atoms with Crippen molar-refractivity contribution >= 4 is 17.8 Å². The Bertz CT molecular complexity index is 722. The van der Waals surface area contributed by atoms with E-state index in [1.807, 2.05) is 6.92 Å². The number of aliphatic hydroxyl groups excluding tert-OH is 1. The fourth-order valence-corrected chi connectivity index (χ4v) is 6.34. The summed E-state index contributed by atoms with van der Waals surface area (Å²) in [4.78, 5) is 41.4. The van der Waals surface area contributed by atoms with E-state index in [1.54, 1.807) is 13.8 Å². The molecule has 4 rings (SSSR count). The molecule has 2 N–H and O–H groups in total. The Labute approximate surface area is 177 Å². The maximum atomic E-state index is 13.6. The van der Waals surface area contributed by atoms with Gasteiger partial charge < -0.3 is 24.8 Å². The van der Waals surface area contributed by atoms with Crippen LogP contribution in [0, 0.1) is 11.8 Å². The lowest BCUT2D eigenvalue weighted by atomic mass is 9.66. The van der Waals surface area contributed by atoms with E-state index in [2.05, 4.69) is 5.32 Å². The van der Waals surface area contributed by atoms with Crippen LogP contribution in [0.25, 0.3) is 0 Å². The van der Waals surface area contributed by atoms with Gasteiger partial charge in [0.15, 0.2) is 0 Å². The van der Waals surface area contributed by atoms with Crippen molar-refractivity contribution in [2.45, 2.75) is 95.0 Å². The number of hydrogen-bond acceptors (Lipinski definition) is 6. The number of fused-ring (bicyclic) bond motifs is 1. The highest BCUT2D eigenvalue weighted by Crippen LogP contribution is 2.63. The van der Waals surface area contributed by atoms with Crippen LogP contribution in [0.3, 0.4) is 0 Å². The average Bonchev–Trinajstić information content (AvgIpc) is 3.29. The van der Waals surface area contributed by atoms with E-state index in [0.29, 0.717) is 12.8 Å². The molecule has 8 heteroatoms. The minimum Gasteiger partial charge on any atom is -0.466 e. The topological polar surface area (TPSA) is 105 Å². The highest BCUT2D eigenvalue weighted by atomic mass is 16.6. The molecule has 0 radical (unpaired) electrons.